The van der Waals surface area contributed by atoms with Crippen molar-refractivity contribution in [1.29, 1.82) is 0 Å². The van der Waals surface area contributed by atoms with Gasteiger partial charge in [-0.15, -0.1) is 0 Å². The second-order valence-corrected chi connectivity index (χ2v) is 10.2. The topological polar surface area (TPSA) is 60.7 Å². The number of rotatable bonds is 13. The number of aryl methyl sites for hydroxylation is 1. The Morgan fingerprint density at radius 1 is 0.893 bits per heavy atom. The van der Waals surface area contributed by atoms with Crippen molar-refractivity contribution in [3.63, 3.8) is 0 Å². The fraction of sp³-hybridized carbons (Fsp3) is 0.760. The Balaban J connectivity index is 1.77. The van der Waals surface area contributed by atoms with Crippen molar-refractivity contribution in [3.05, 3.63) is 17.2 Å². The minimum atomic E-state index is -0.115. The number of aromatic hydroxyl groups is 3. The molecule has 0 aliphatic heterocycles. The van der Waals surface area contributed by atoms with Crippen molar-refractivity contribution < 1.29 is 15.3 Å². The van der Waals surface area contributed by atoms with Gasteiger partial charge in [-0.25, -0.2) is 0 Å². The molecule has 1 aliphatic carbocycles. The van der Waals surface area contributed by atoms with Crippen molar-refractivity contribution in [1.82, 2.24) is 0 Å². The molecule has 1 aromatic carbocycles. The first-order valence-electron chi connectivity index (χ1n) is 11.4. The highest BCUT2D eigenvalue weighted by Crippen LogP contribution is 2.49. The summed E-state index contributed by atoms with van der Waals surface area (Å²) in [6.45, 7) is 9.22. The van der Waals surface area contributed by atoms with Gasteiger partial charge < -0.3 is 15.3 Å². The predicted molar refractivity (Wildman–Crippen MR) is 117 cm³/mol. The zero-order chi connectivity index (χ0) is 20.8. The zero-order valence-electron chi connectivity index (χ0n) is 18.6. The Morgan fingerprint density at radius 2 is 1.54 bits per heavy atom. The van der Waals surface area contributed by atoms with E-state index in [1.165, 1.54) is 44.9 Å². The molecule has 0 unspecified atom stereocenters. The lowest BCUT2D eigenvalue weighted by molar-refractivity contribution is 0.307. The number of unbranched alkanes of at least 4 members (excludes halogenated alkanes) is 4. The summed E-state index contributed by atoms with van der Waals surface area (Å²) in [5.74, 6) is -0.0158. The molecule has 160 valence electrons. The second kappa shape index (κ2) is 9.89. The minimum absolute atomic E-state index is 0.0323. The van der Waals surface area contributed by atoms with Crippen molar-refractivity contribution in [2.24, 2.45) is 10.8 Å². The summed E-state index contributed by atoms with van der Waals surface area (Å²) in [5.41, 5.74) is 2.15. The molecule has 0 amide bonds. The molecule has 3 N–H and O–H groups in total. The number of benzene rings is 1. The summed E-state index contributed by atoms with van der Waals surface area (Å²) in [4.78, 5) is 0. The first-order chi connectivity index (χ1) is 13.2. The summed E-state index contributed by atoms with van der Waals surface area (Å²) in [6, 6.07) is 1.66. The molecule has 2 rings (SSSR count). The standard InChI is InChI=1S/C25H42O3/c1-5-24(2,3)14-10-7-6-8-13-20-21(26)18-19(22(27)23(20)28)12-9-11-15-25(4)16-17-25/h18,26-28H,5-17H2,1-4H3. The highest BCUT2D eigenvalue weighted by Gasteiger charge is 2.35. The van der Waals surface area contributed by atoms with E-state index < -0.39 is 0 Å². The van der Waals surface area contributed by atoms with E-state index in [2.05, 4.69) is 27.7 Å². The van der Waals surface area contributed by atoms with Crippen LogP contribution in [0.25, 0.3) is 0 Å². The van der Waals surface area contributed by atoms with Crippen LogP contribution in [0.5, 0.6) is 17.2 Å². The molecule has 0 aromatic heterocycles. The van der Waals surface area contributed by atoms with Gasteiger partial charge in [-0.3, -0.25) is 0 Å². The molecule has 1 saturated carbocycles. The van der Waals surface area contributed by atoms with Crippen molar-refractivity contribution in [2.45, 2.75) is 111 Å². The van der Waals surface area contributed by atoms with E-state index in [4.69, 9.17) is 0 Å². The van der Waals surface area contributed by atoms with Gasteiger partial charge in [0.05, 0.1) is 0 Å². The predicted octanol–water partition coefficient (Wildman–Crippen LogP) is 7.25. The van der Waals surface area contributed by atoms with Crippen molar-refractivity contribution >= 4 is 0 Å². The normalized spacial score (nSPS) is 15.7. The van der Waals surface area contributed by atoms with Gasteiger partial charge in [0, 0.05) is 11.1 Å². The van der Waals surface area contributed by atoms with Crippen LogP contribution in [0.3, 0.4) is 0 Å². The fourth-order valence-corrected chi connectivity index (χ4v) is 3.94. The van der Waals surface area contributed by atoms with Crippen LogP contribution in [0, 0.1) is 10.8 Å². The summed E-state index contributed by atoms with van der Waals surface area (Å²) in [5, 5.41) is 31.1. The molecule has 0 spiro atoms. The van der Waals surface area contributed by atoms with E-state index >= 15 is 0 Å². The lowest BCUT2D eigenvalue weighted by Crippen LogP contribution is -2.08. The Bertz CT molecular complexity index is 629. The van der Waals surface area contributed by atoms with Crippen LogP contribution in [0.1, 0.15) is 109 Å². The second-order valence-electron chi connectivity index (χ2n) is 10.2. The number of phenols is 3. The average Bonchev–Trinajstić information content (AvgIpc) is 3.38. The van der Waals surface area contributed by atoms with Crippen LogP contribution in [0.4, 0.5) is 0 Å². The van der Waals surface area contributed by atoms with Crippen molar-refractivity contribution in [2.75, 3.05) is 0 Å². The fourth-order valence-electron chi connectivity index (χ4n) is 3.94. The molecule has 28 heavy (non-hydrogen) atoms. The van der Waals surface area contributed by atoms with Gasteiger partial charge >= 0.3 is 0 Å². The van der Waals surface area contributed by atoms with Crippen LogP contribution in [0.15, 0.2) is 6.07 Å². The summed E-state index contributed by atoms with van der Waals surface area (Å²) < 4.78 is 0. The largest absolute Gasteiger partial charge is 0.508 e. The number of hydrogen-bond donors (Lipinski definition) is 3. The molecule has 1 aromatic rings. The molecule has 0 radical (unpaired) electrons. The van der Waals surface area contributed by atoms with E-state index in [0.717, 1.165) is 25.7 Å². The van der Waals surface area contributed by atoms with Gasteiger partial charge in [-0.05, 0) is 68.3 Å². The lowest BCUT2D eigenvalue weighted by atomic mass is 9.84. The smallest absolute Gasteiger partial charge is 0.164 e. The van der Waals surface area contributed by atoms with E-state index in [1.54, 1.807) is 6.07 Å². The zero-order valence-corrected chi connectivity index (χ0v) is 18.6. The summed E-state index contributed by atoms with van der Waals surface area (Å²) >= 11 is 0. The lowest BCUT2D eigenvalue weighted by Gasteiger charge is -2.22. The maximum atomic E-state index is 10.4. The first-order valence-corrected chi connectivity index (χ1v) is 11.4. The van der Waals surface area contributed by atoms with Gasteiger partial charge in [0.15, 0.2) is 11.5 Å². The van der Waals surface area contributed by atoms with Gasteiger partial charge in [-0.1, -0.05) is 59.8 Å². The van der Waals surface area contributed by atoms with Crippen LogP contribution >= 0.6 is 0 Å². The first kappa shape index (κ1) is 22.9. The molecule has 0 atom stereocenters. The van der Waals surface area contributed by atoms with Crippen molar-refractivity contribution in [3.8, 4) is 17.2 Å². The third kappa shape index (κ3) is 6.90. The maximum Gasteiger partial charge on any atom is 0.164 e. The van der Waals surface area contributed by atoms with E-state index in [-0.39, 0.29) is 17.2 Å². The molecular formula is C25H42O3. The molecule has 1 fully saturated rings. The molecule has 3 heteroatoms. The number of phenolic OH excluding ortho intramolecular Hbond substituents is 3. The minimum Gasteiger partial charge on any atom is -0.508 e. The van der Waals surface area contributed by atoms with Gasteiger partial charge in [-0.2, -0.15) is 0 Å². The Morgan fingerprint density at radius 3 is 2.18 bits per heavy atom. The van der Waals surface area contributed by atoms with E-state index in [0.29, 0.717) is 34.8 Å². The molecular weight excluding hydrogens is 348 g/mol. The van der Waals surface area contributed by atoms with Crippen LogP contribution in [-0.2, 0) is 12.8 Å². The van der Waals surface area contributed by atoms with Gasteiger partial charge in [0.2, 0.25) is 0 Å². The van der Waals surface area contributed by atoms with Crippen LogP contribution in [0.2, 0.25) is 0 Å². The molecule has 0 bridgehead atoms. The van der Waals surface area contributed by atoms with E-state index in [1.807, 2.05) is 0 Å². The quantitative estimate of drug-likeness (QED) is 0.189. The average molecular weight is 391 g/mol. The molecule has 0 saturated heterocycles. The Labute approximate surface area is 172 Å². The SMILES string of the molecule is CCC(C)(C)CCCCCCc1c(O)cc(CCCCC2(C)CC2)c(O)c1O. The Hall–Kier alpha value is -1.38. The van der Waals surface area contributed by atoms with Gasteiger partial charge in [0.25, 0.3) is 0 Å². The summed E-state index contributed by atoms with van der Waals surface area (Å²) in [7, 11) is 0. The van der Waals surface area contributed by atoms with Gasteiger partial charge in [0.1, 0.15) is 5.75 Å². The molecule has 1 aliphatic rings. The third-order valence-electron chi connectivity index (χ3n) is 7.00. The highest BCUT2D eigenvalue weighted by atomic mass is 16.3. The molecule has 0 heterocycles. The Kier molecular flexibility index (Phi) is 8.09. The third-order valence-corrected chi connectivity index (χ3v) is 7.00. The van der Waals surface area contributed by atoms with E-state index in [9.17, 15) is 15.3 Å². The van der Waals surface area contributed by atoms with Crippen LogP contribution in [-0.4, -0.2) is 15.3 Å². The molecule has 3 nitrogen and oxygen atoms in total. The maximum absolute atomic E-state index is 10.4. The monoisotopic (exact) mass is 390 g/mol. The van der Waals surface area contributed by atoms with Crippen LogP contribution < -0.4 is 0 Å². The highest BCUT2D eigenvalue weighted by molar-refractivity contribution is 5.56. The summed E-state index contributed by atoms with van der Waals surface area (Å²) in [6.07, 6.45) is 14.2. The number of hydrogen-bond acceptors (Lipinski definition) is 3.